The summed E-state index contributed by atoms with van der Waals surface area (Å²) in [5.41, 5.74) is 4.75. The van der Waals surface area contributed by atoms with E-state index in [-0.39, 0.29) is 12.1 Å². The van der Waals surface area contributed by atoms with Crippen LogP contribution in [-0.2, 0) is 16.0 Å². The Morgan fingerprint density at radius 1 is 0.683 bits per heavy atom. The minimum absolute atomic E-state index is 0.156. The predicted molar refractivity (Wildman–Crippen MR) is 169 cm³/mol. The number of unbranched alkanes of at least 4 members (excludes halogenated alkanes) is 9. The number of carbonyl (C=O) groups excluding carboxylic acids is 2. The first kappa shape index (κ1) is 31.9. The summed E-state index contributed by atoms with van der Waals surface area (Å²) in [6, 6.07) is 23.0. The van der Waals surface area contributed by atoms with Crippen LogP contribution >= 0.6 is 0 Å². The van der Waals surface area contributed by atoms with Gasteiger partial charge >= 0.3 is 11.9 Å². The zero-order chi connectivity index (χ0) is 29.3. The van der Waals surface area contributed by atoms with Crippen molar-refractivity contribution < 1.29 is 19.1 Å². The summed E-state index contributed by atoms with van der Waals surface area (Å²) in [6.07, 6.45) is 17.7. The average molecular weight is 555 g/mol. The van der Waals surface area contributed by atoms with Crippen LogP contribution in [-0.4, -0.2) is 18.0 Å². The Balaban J connectivity index is 1.37. The highest BCUT2D eigenvalue weighted by Gasteiger charge is 2.09. The van der Waals surface area contributed by atoms with Crippen molar-refractivity contribution in [3.05, 3.63) is 95.6 Å². The Hall–Kier alpha value is -3.66. The third-order valence-electron chi connectivity index (χ3n) is 7.08. The molecule has 0 N–H and O–H groups in total. The highest BCUT2D eigenvalue weighted by atomic mass is 16.5. The molecule has 3 rings (SSSR count). The van der Waals surface area contributed by atoms with E-state index < -0.39 is 5.97 Å². The zero-order valence-electron chi connectivity index (χ0n) is 25.1. The summed E-state index contributed by atoms with van der Waals surface area (Å²) in [5, 5.41) is 0. The van der Waals surface area contributed by atoms with Crippen molar-refractivity contribution >= 4 is 18.0 Å². The molecular formula is C37H46O4. The van der Waals surface area contributed by atoms with Crippen molar-refractivity contribution in [1.82, 2.24) is 0 Å². The number of benzene rings is 3. The third kappa shape index (κ3) is 12.2. The van der Waals surface area contributed by atoms with Gasteiger partial charge in [-0.05, 0) is 79.3 Å². The van der Waals surface area contributed by atoms with Gasteiger partial charge in [0.1, 0.15) is 5.75 Å². The number of hydrogen-bond donors (Lipinski definition) is 0. The van der Waals surface area contributed by atoms with Crippen molar-refractivity contribution in [2.45, 2.75) is 97.5 Å². The molecule has 0 aliphatic rings. The molecule has 0 radical (unpaired) electrons. The first-order valence-corrected chi connectivity index (χ1v) is 15.3. The van der Waals surface area contributed by atoms with E-state index in [4.69, 9.17) is 9.47 Å². The van der Waals surface area contributed by atoms with Gasteiger partial charge in [0.2, 0.25) is 0 Å². The summed E-state index contributed by atoms with van der Waals surface area (Å²) >= 11 is 0. The summed E-state index contributed by atoms with van der Waals surface area (Å²) < 4.78 is 10.7. The van der Waals surface area contributed by atoms with Gasteiger partial charge in [-0.3, -0.25) is 0 Å². The summed E-state index contributed by atoms with van der Waals surface area (Å²) in [5.74, 6) is -0.269. The molecule has 0 heterocycles. The lowest BCUT2D eigenvalue weighted by atomic mass is 10.0. The van der Waals surface area contributed by atoms with Gasteiger partial charge in [0.15, 0.2) is 0 Å². The molecule has 3 aromatic rings. The zero-order valence-corrected chi connectivity index (χ0v) is 25.1. The molecule has 0 aromatic heterocycles. The van der Waals surface area contributed by atoms with Gasteiger partial charge in [-0.15, -0.1) is 0 Å². The standard InChI is InChI=1S/C37H46O4/c1-4-5-6-7-8-9-10-11-12-13-14-30-15-17-31(18-16-30)19-28-36(38)41-35-26-24-33(25-27-35)32-20-22-34(23-21-32)37(39)40-29(2)3/h15-29H,4-14H2,1-3H3/b28-19+. The van der Waals surface area contributed by atoms with E-state index in [2.05, 4.69) is 31.2 Å². The highest BCUT2D eigenvalue weighted by Crippen LogP contribution is 2.23. The second-order valence-electron chi connectivity index (χ2n) is 11.0. The number of ether oxygens (including phenoxy) is 2. The minimum atomic E-state index is -0.416. The lowest BCUT2D eigenvalue weighted by molar-refractivity contribution is -0.128. The second-order valence-corrected chi connectivity index (χ2v) is 11.0. The smallest absolute Gasteiger partial charge is 0.338 e. The molecule has 0 saturated carbocycles. The molecule has 0 bridgehead atoms. The molecule has 0 spiro atoms. The van der Waals surface area contributed by atoms with E-state index in [1.54, 1.807) is 30.3 Å². The van der Waals surface area contributed by atoms with Crippen molar-refractivity contribution in [1.29, 1.82) is 0 Å². The maximum atomic E-state index is 12.3. The number of esters is 2. The highest BCUT2D eigenvalue weighted by molar-refractivity contribution is 5.90. The Labute approximate surface area is 246 Å². The largest absolute Gasteiger partial charge is 0.459 e. The molecule has 0 amide bonds. The lowest BCUT2D eigenvalue weighted by Crippen LogP contribution is -2.11. The van der Waals surface area contributed by atoms with Gasteiger partial charge in [0.05, 0.1) is 11.7 Å². The van der Waals surface area contributed by atoms with E-state index in [9.17, 15) is 9.59 Å². The van der Waals surface area contributed by atoms with Crippen molar-refractivity contribution in [3.8, 4) is 16.9 Å². The first-order chi connectivity index (χ1) is 19.9. The molecule has 0 aliphatic heterocycles. The van der Waals surface area contributed by atoms with Gasteiger partial charge in [0.25, 0.3) is 0 Å². The number of rotatable bonds is 17. The van der Waals surface area contributed by atoms with Crippen LogP contribution in [0.15, 0.2) is 78.9 Å². The Bertz CT molecular complexity index is 1210. The van der Waals surface area contributed by atoms with Crippen molar-refractivity contribution in [2.24, 2.45) is 0 Å². The van der Waals surface area contributed by atoms with Gasteiger partial charge in [-0.2, -0.15) is 0 Å². The normalized spacial score (nSPS) is 11.2. The molecule has 3 aromatic carbocycles. The lowest BCUT2D eigenvalue weighted by Gasteiger charge is -2.09. The van der Waals surface area contributed by atoms with Gasteiger partial charge in [0, 0.05) is 6.08 Å². The number of aryl methyl sites for hydroxylation is 1. The minimum Gasteiger partial charge on any atom is -0.459 e. The summed E-state index contributed by atoms with van der Waals surface area (Å²) in [6.45, 7) is 5.92. The quantitative estimate of drug-likeness (QED) is 0.0721. The van der Waals surface area contributed by atoms with E-state index in [0.717, 1.165) is 23.1 Å². The van der Waals surface area contributed by atoms with Crippen molar-refractivity contribution in [3.63, 3.8) is 0 Å². The van der Waals surface area contributed by atoms with E-state index in [0.29, 0.717) is 11.3 Å². The molecule has 0 unspecified atom stereocenters. The van der Waals surface area contributed by atoms with E-state index >= 15 is 0 Å². The van der Waals surface area contributed by atoms with Gasteiger partial charge < -0.3 is 9.47 Å². The summed E-state index contributed by atoms with van der Waals surface area (Å²) in [7, 11) is 0. The number of carbonyl (C=O) groups is 2. The SMILES string of the molecule is CCCCCCCCCCCCc1ccc(/C=C/C(=O)Oc2ccc(-c3ccc(C(=O)OC(C)C)cc3)cc2)cc1. The van der Waals surface area contributed by atoms with Crippen LogP contribution in [0.25, 0.3) is 17.2 Å². The van der Waals surface area contributed by atoms with Crippen LogP contribution in [0.4, 0.5) is 0 Å². The third-order valence-corrected chi connectivity index (χ3v) is 7.08. The fourth-order valence-electron chi connectivity index (χ4n) is 4.72. The molecule has 218 valence electrons. The van der Waals surface area contributed by atoms with Crippen LogP contribution < -0.4 is 4.74 Å². The van der Waals surface area contributed by atoms with Gasteiger partial charge in [-0.25, -0.2) is 9.59 Å². The topological polar surface area (TPSA) is 52.6 Å². The molecule has 0 atom stereocenters. The van der Waals surface area contributed by atoms with Crippen molar-refractivity contribution in [2.75, 3.05) is 0 Å². The van der Waals surface area contributed by atoms with Crippen LogP contribution in [0, 0.1) is 0 Å². The molecule has 0 saturated heterocycles. The molecule has 41 heavy (non-hydrogen) atoms. The van der Waals surface area contributed by atoms with Crippen LogP contribution in [0.2, 0.25) is 0 Å². The molecule has 0 aliphatic carbocycles. The van der Waals surface area contributed by atoms with Gasteiger partial charge in [-0.1, -0.05) is 113 Å². The van der Waals surface area contributed by atoms with Crippen LogP contribution in [0.1, 0.15) is 106 Å². The fraction of sp³-hybridized carbons (Fsp3) is 0.405. The van der Waals surface area contributed by atoms with E-state index in [1.165, 1.54) is 75.8 Å². The Morgan fingerprint density at radius 2 is 1.22 bits per heavy atom. The second kappa shape index (κ2) is 17.9. The molecule has 4 heteroatoms. The maximum absolute atomic E-state index is 12.3. The average Bonchev–Trinajstić information content (AvgIpc) is 2.98. The van der Waals surface area contributed by atoms with Crippen LogP contribution in [0.3, 0.4) is 0 Å². The Kier molecular flexibility index (Phi) is 13.9. The fourth-order valence-corrected chi connectivity index (χ4v) is 4.72. The molecule has 4 nitrogen and oxygen atoms in total. The Morgan fingerprint density at radius 3 is 1.78 bits per heavy atom. The van der Waals surface area contributed by atoms with E-state index in [1.807, 2.05) is 38.1 Å². The maximum Gasteiger partial charge on any atom is 0.338 e. The molecule has 0 fully saturated rings. The number of hydrogen-bond acceptors (Lipinski definition) is 4. The monoisotopic (exact) mass is 554 g/mol. The predicted octanol–water partition coefficient (Wildman–Crippen LogP) is 10.0. The summed E-state index contributed by atoms with van der Waals surface area (Å²) in [4.78, 5) is 24.4. The van der Waals surface area contributed by atoms with Crippen LogP contribution in [0.5, 0.6) is 5.75 Å². The first-order valence-electron chi connectivity index (χ1n) is 15.3. The molecular weight excluding hydrogens is 508 g/mol.